The zero-order chi connectivity index (χ0) is 20.7. The summed E-state index contributed by atoms with van der Waals surface area (Å²) in [5.74, 6) is -0.797. The third-order valence-corrected chi connectivity index (χ3v) is 7.67. The third kappa shape index (κ3) is 3.58. The van der Waals surface area contributed by atoms with Crippen molar-refractivity contribution in [1.29, 1.82) is 5.26 Å². The van der Waals surface area contributed by atoms with Crippen LogP contribution in [0.15, 0.2) is 41.3 Å². The SMILES string of the molecule is Cc1cc(N2C(=O)CCS2(=O)=O)cc(C)c1S(=O)(=O)Nc1ccc(C#N)cc1. The van der Waals surface area contributed by atoms with E-state index in [0.717, 1.165) is 4.31 Å². The number of carbonyl (C=O) groups excluding carboxylic acids is 1. The van der Waals surface area contributed by atoms with Gasteiger partial charge in [0.05, 0.1) is 28.0 Å². The normalized spacial score (nSPS) is 16.0. The molecule has 0 aliphatic carbocycles. The number of hydrogen-bond donors (Lipinski definition) is 1. The summed E-state index contributed by atoms with van der Waals surface area (Å²) in [5.41, 5.74) is 1.45. The van der Waals surface area contributed by atoms with Crippen molar-refractivity contribution < 1.29 is 21.6 Å². The van der Waals surface area contributed by atoms with Gasteiger partial charge >= 0.3 is 0 Å². The maximum Gasteiger partial charge on any atom is 0.262 e. The molecule has 146 valence electrons. The van der Waals surface area contributed by atoms with E-state index in [0.29, 0.717) is 22.4 Å². The van der Waals surface area contributed by atoms with Crippen molar-refractivity contribution in [3.63, 3.8) is 0 Å². The quantitative estimate of drug-likeness (QED) is 0.809. The maximum absolute atomic E-state index is 12.8. The second-order valence-electron chi connectivity index (χ2n) is 6.43. The van der Waals surface area contributed by atoms with Crippen LogP contribution in [0.3, 0.4) is 0 Å². The minimum atomic E-state index is -3.96. The standard InChI is InChI=1S/C18H17N3O5S2/c1-12-9-16(21-17(22)7-8-27(21,23)24)10-13(2)18(12)28(25,26)20-15-5-3-14(11-19)4-6-15/h3-6,9-10,20H,7-8H2,1-2H3. The number of nitrogens with zero attached hydrogens (tertiary/aromatic N) is 2. The highest BCUT2D eigenvalue weighted by Crippen LogP contribution is 2.32. The number of carbonyl (C=O) groups is 1. The van der Waals surface area contributed by atoms with Gasteiger partial charge < -0.3 is 0 Å². The average Bonchev–Trinajstić information content (AvgIpc) is 2.87. The second-order valence-corrected chi connectivity index (χ2v) is 9.98. The van der Waals surface area contributed by atoms with E-state index in [1.54, 1.807) is 0 Å². The van der Waals surface area contributed by atoms with Gasteiger partial charge in [-0.25, -0.2) is 21.1 Å². The van der Waals surface area contributed by atoms with Crippen LogP contribution >= 0.6 is 0 Å². The zero-order valence-electron chi connectivity index (χ0n) is 15.1. The smallest absolute Gasteiger partial charge is 0.262 e. The Morgan fingerprint density at radius 3 is 2.14 bits per heavy atom. The molecule has 1 heterocycles. The van der Waals surface area contributed by atoms with Gasteiger partial charge in [-0.05, 0) is 61.4 Å². The Hall–Kier alpha value is -2.90. The van der Waals surface area contributed by atoms with Crippen molar-refractivity contribution in [2.45, 2.75) is 25.2 Å². The molecule has 0 saturated carbocycles. The first-order valence-electron chi connectivity index (χ1n) is 8.25. The lowest BCUT2D eigenvalue weighted by Gasteiger charge is -2.19. The van der Waals surface area contributed by atoms with E-state index in [9.17, 15) is 21.6 Å². The summed E-state index contributed by atoms with van der Waals surface area (Å²) in [5, 5.41) is 8.82. The van der Waals surface area contributed by atoms with Crippen LogP contribution in [-0.4, -0.2) is 28.5 Å². The molecular weight excluding hydrogens is 402 g/mol. The fourth-order valence-electron chi connectivity index (χ4n) is 3.16. The predicted octanol–water partition coefficient (Wildman–Crippen LogP) is 2.04. The summed E-state index contributed by atoms with van der Waals surface area (Å²) in [6.45, 7) is 3.08. The summed E-state index contributed by atoms with van der Waals surface area (Å²) < 4.78 is 53.1. The van der Waals surface area contributed by atoms with Gasteiger partial charge in [-0.1, -0.05) is 0 Å². The number of aryl methyl sites for hydroxylation is 2. The van der Waals surface area contributed by atoms with E-state index in [1.807, 2.05) is 6.07 Å². The number of hydrogen-bond acceptors (Lipinski definition) is 6. The molecule has 2 aromatic rings. The van der Waals surface area contributed by atoms with Crippen LogP contribution in [0, 0.1) is 25.2 Å². The number of amides is 1. The van der Waals surface area contributed by atoms with Crippen LogP contribution in [0.4, 0.5) is 11.4 Å². The summed E-state index contributed by atoms with van der Waals surface area (Å²) >= 11 is 0. The highest BCUT2D eigenvalue weighted by atomic mass is 32.2. The van der Waals surface area contributed by atoms with Gasteiger partial charge in [0.1, 0.15) is 0 Å². The largest absolute Gasteiger partial charge is 0.280 e. The number of rotatable bonds is 4. The number of sulfonamides is 2. The second kappa shape index (κ2) is 6.92. The molecule has 8 nitrogen and oxygen atoms in total. The van der Waals surface area contributed by atoms with Gasteiger partial charge in [0.2, 0.25) is 15.9 Å². The number of anilines is 2. The van der Waals surface area contributed by atoms with E-state index in [-0.39, 0.29) is 22.8 Å². The van der Waals surface area contributed by atoms with Crippen molar-refractivity contribution in [3.8, 4) is 6.07 Å². The van der Waals surface area contributed by atoms with Gasteiger partial charge in [0.15, 0.2) is 0 Å². The molecule has 0 bridgehead atoms. The van der Waals surface area contributed by atoms with Gasteiger partial charge in [0, 0.05) is 12.1 Å². The predicted molar refractivity (Wildman–Crippen MR) is 104 cm³/mol. The highest BCUT2D eigenvalue weighted by Gasteiger charge is 2.37. The minimum Gasteiger partial charge on any atom is -0.280 e. The molecule has 1 aliphatic rings. The fourth-order valence-corrected chi connectivity index (χ4v) is 6.11. The Balaban J connectivity index is 2.00. The Kier molecular flexibility index (Phi) is 4.91. The van der Waals surface area contributed by atoms with E-state index in [2.05, 4.69) is 4.72 Å². The average molecular weight is 419 g/mol. The maximum atomic E-state index is 12.8. The number of benzene rings is 2. The van der Waals surface area contributed by atoms with E-state index >= 15 is 0 Å². The van der Waals surface area contributed by atoms with Crippen LogP contribution < -0.4 is 9.03 Å². The Labute approximate surface area is 163 Å². The molecule has 2 aromatic carbocycles. The Bertz CT molecular complexity index is 1190. The molecule has 0 spiro atoms. The van der Waals surface area contributed by atoms with Crippen LogP contribution in [0.25, 0.3) is 0 Å². The minimum absolute atomic E-state index is 0.00431. The molecule has 0 radical (unpaired) electrons. The summed E-state index contributed by atoms with van der Waals surface area (Å²) in [4.78, 5) is 12.0. The van der Waals surface area contributed by atoms with Crippen molar-refractivity contribution in [1.82, 2.24) is 0 Å². The molecule has 1 amide bonds. The van der Waals surface area contributed by atoms with Crippen molar-refractivity contribution in [3.05, 3.63) is 53.1 Å². The molecule has 3 rings (SSSR count). The zero-order valence-corrected chi connectivity index (χ0v) is 16.8. The summed E-state index contributed by atoms with van der Waals surface area (Å²) in [6, 6.07) is 10.6. The van der Waals surface area contributed by atoms with Crippen LogP contribution in [0.2, 0.25) is 0 Å². The summed E-state index contributed by atoms with van der Waals surface area (Å²) in [6.07, 6.45) is -0.0965. The van der Waals surface area contributed by atoms with E-state index in [4.69, 9.17) is 5.26 Å². The number of nitrogens with one attached hydrogen (secondary N) is 1. The van der Waals surface area contributed by atoms with Gasteiger partial charge in [-0.3, -0.25) is 9.52 Å². The van der Waals surface area contributed by atoms with Crippen molar-refractivity contribution in [2.24, 2.45) is 0 Å². The first kappa shape index (κ1) is 19.9. The fraction of sp³-hybridized carbons (Fsp3) is 0.222. The van der Waals surface area contributed by atoms with Crippen LogP contribution in [0.1, 0.15) is 23.1 Å². The molecule has 0 aromatic heterocycles. The lowest BCUT2D eigenvalue weighted by Crippen LogP contribution is -2.29. The van der Waals surface area contributed by atoms with E-state index < -0.39 is 26.0 Å². The first-order chi connectivity index (χ1) is 13.0. The third-order valence-electron chi connectivity index (χ3n) is 4.29. The molecule has 10 heteroatoms. The van der Waals surface area contributed by atoms with E-state index in [1.165, 1.54) is 50.2 Å². The van der Waals surface area contributed by atoms with Crippen LogP contribution in [0.5, 0.6) is 0 Å². The van der Waals surface area contributed by atoms with Gasteiger partial charge in [0.25, 0.3) is 10.0 Å². The Morgan fingerprint density at radius 2 is 1.68 bits per heavy atom. The highest BCUT2D eigenvalue weighted by molar-refractivity contribution is 7.94. The lowest BCUT2D eigenvalue weighted by molar-refractivity contribution is -0.116. The molecule has 0 atom stereocenters. The molecule has 1 saturated heterocycles. The van der Waals surface area contributed by atoms with Crippen LogP contribution in [-0.2, 0) is 24.8 Å². The van der Waals surface area contributed by atoms with Gasteiger partial charge in [-0.2, -0.15) is 5.26 Å². The first-order valence-corrected chi connectivity index (χ1v) is 11.3. The molecule has 1 N–H and O–H groups in total. The monoisotopic (exact) mass is 419 g/mol. The molecule has 1 aliphatic heterocycles. The van der Waals surface area contributed by atoms with Gasteiger partial charge in [-0.15, -0.1) is 0 Å². The number of nitriles is 1. The lowest BCUT2D eigenvalue weighted by atomic mass is 10.1. The molecular formula is C18H17N3O5S2. The molecule has 0 unspecified atom stereocenters. The topological polar surface area (TPSA) is 124 Å². The molecule has 1 fully saturated rings. The van der Waals surface area contributed by atoms with Crippen molar-refractivity contribution in [2.75, 3.05) is 14.8 Å². The summed E-state index contributed by atoms with van der Waals surface area (Å²) in [7, 11) is -7.70. The Morgan fingerprint density at radius 1 is 1.11 bits per heavy atom. The molecule has 28 heavy (non-hydrogen) atoms. The van der Waals surface area contributed by atoms with Crippen molar-refractivity contribution >= 4 is 37.3 Å².